The van der Waals surface area contributed by atoms with Gasteiger partial charge in [0, 0.05) is 6.20 Å². The molecule has 0 fully saturated rings. The highest BCUT2D eigenvalue weighted by Gasteiger charge is 2.11. The van der Waals surface area contributed by atoms with E-state index in [-0.39, 0.29) is 11.4 Å². The first-order valence-electron chi connectivity index (χ1n) is 5.32. The molecule has 0 aliphatic rings. The zero-order chi connectivity index (χ0) is 13.3. The van der Waals surface area contributed by atoms with Gasteiger partial charge in [-0.1, -0.05) is 6.07 Å². The van der Waals surface area contributed by atoms with E-state index >= 15 is 0 Å². The molecule has 0 saturated carbocycles. The Kier molecular flexibility index (Phi) is 3.12. The molecule has 2 aromatic rings. The van der Waals surface area contributed by atoms with E-state index in [0.29, 0.717) is 5.56 Å². The standard InChI is InChI=1S/C12H12FN3O2/c1-7(17)8-2-3-11(9(13)6-8)16-5-4-10(15-16)12(14)18/h2-7,17H,1H3,(H2,14,18)/t7-/m1/s1. The average molecular weight is 249 g/mol. The number of hydrogen-bond acceptors (Lipinski definition) is 3. The van der Waals surface area contributed by atoms with Crippen LogP contribution in [0, 0.1) is 5.82 Å². The molecule has 2 rings (SSSR count). The summed E-state index contributed by atoms with van der Waals surface area (Å²) in [6, 6.07) is 5.71. The minimum absolute atomic E-state index is 0.0639. The lowest BCUT2D eigenvalue weighted by molar-refractivity contribution is 0.0995. The largest absolute Gasteiger partial charge is 0.389 e. The van der Waals surface area contributed by atoms with Crippen molar-refractivity contribution in [1.82, 2.24) is 9.78 Å². The second-order valence-electron chi connectivity index (χ2n) is 3.90. The van der Waals surface area contributed by atoms with E-state index in [0.717, 1.165) is 0 Å². The van der Waals surface area contributed by atoms with E-state index in [1.54, 1.807) is 13.0 Å². The molecular formula is C12H12FN3O2. The van der Waals surface area contributed by atoms with Gasteiger partial charge in [-0.15, -0.1) is 0 Å². The Morgan fingerprint density at radius 1 is 1.50 bits per heavy atom. The maximum absolute atomic E-state index is 13.8. The lowest BCUT2D eigenvalue weighted by Gasteiger charge is -2.08. The molecule has 1 aromatic carbocycles. The van der Waals surface area contributed by atoms with Crippen LogP contribution >= 0.6 is 0 Å². The summed E-state index contributed by atoms with van der Waals surface area (Å²) in [5.41, 5.74) is 5.79. The summed E-state index contributed by atoms with van der Waals surface area (Å²) in [4.78, 5) is 10.9. The van der Waals surface area contributed by atoms with E-state index < -0.39 is 17.8 Å². The van der Waals surface area contributed by atoms with Crippen LogP contribution in [0.3, 0.4) is 0 Å². The fourth-order valence-electron chi connectivity index (χ4n) is 1.56. The molecule has 0 bridgehead atoms. The first-order valence-corrected chi connectivity index (χ1v) is 5.32. The van der Waals surface area contributed by atoms with Crippen molar-refractivity contribution in [2.24, 2.45) is 5.73 Å². The number of aromatic nitrogens is 2. The molecule has 18 heavy (non-hydrogen) atoms. The van der Waals surface area contributed by atoms with Gasteiger partial charge < -0.3 is 10.8 Å². The summed E-state index contributed by atoms with van der Waals surface area (Å²) in [6.07, 6.45) is 0.702. The van der Waals surface area contributed by atoms with Crippen LogP contribution in [-0.2, 0) is 0 Å². The number of carbonyl (C=O) groups excluding carboxylic acids is 1. The number of nitrogens with two attached hydrogens (primary N) is 1. The van der Waals surface area contributed by atoms with E-state index in [4.69, 9.17) is 5.73 Å². The fourth-order valence-corrected chi connectivity index (χ4v) is 1.56. The van der Waals surface area contributed by atoms with Gasteiger partial charge in [0.1, 0.15) is 17.2 Å². The zero-order valence-electron chi connectivity index (χ0n) is 9.67. The molecule has 0 aliphatic carbocycles. The Balaban J connectivity index is 2.41. The van der Waals surface area contributed by atoms with Crippen molar-refractivity contribution in [3.63, 3.8) is 0 Å². The van der Waals surface area contributed by atoms with Crippen LogP contribution in [0.2, 0.25) is 0 Å². The molecule has 5 nitrogen and oxygen atoms in total. The van der Waals surface area contributed by atoms with Crippen LogP contribution in [0.5, 0.6) is 0 Å². The Labute approximate surface area is 103 Å². The van der Waals surface area contributed by atoms with E-state index in [1.807, 2.05) is 0 Å². The van der Waals surface area contributed by atoms with Gasteiger partial charge in [0.2, 0.25) is 0 Å². The number of amides is 1. The van der Waals surface area contributed by atoms with Crippen molar-refractivity contribution >= 4 is 5.91 Å². The van der Waals surface area contributed by atoms with Gasteiger partial charge in [-0.3, -0.25) is 4.79 Å². The van der Waals surface area contributed by atoms with Crippen LogP contribution in [0.25, 0.3) is 5.69 Å². The highest BCUT2D eigenvalue weighted by atomic mass is 19.1. The Morgan fingerprint density at radius 2 is 2.22 bits per heavy atom. The molecule has 0 aliphatic heterocycles. The van der Waals surface area contributed by atoms with Crippen molar-refractivity contribution in [3.05, 3.63) is 47.5 Å². The summed E-state index contributed by atoms with van der Waals surface area (Å²) in [6.45, 7) is 1.55. The Bertz CT molecular complexity index is 593. The Morgan fingerprint density at radius 3 is 2.72 bits per heavy atom. The van der Waals surface area contributed by atoms with Gasteiger partial charge in [-0.2, -0.15) is 5.10 Å². The van der Waals surface area contributed by atoms with Crippen LogP contribution in [0.15, 0.2) is 30.5 Å². The summed E-state index contributed by atoms with van der Waals surface area (Å²) >= 11 is 0. The maximum Gasteiger partial charge on any atom is 0.269 e. The summed E-state index contributed by atoms with van der Waals surface area (Å²) < 4.78 is 15.0. The normalized spacial score (nSPS) is 12.4. The monoisotopic (exact) mass is 249 g/mol. The van der Waals surface area contributed by atoms with Crippen LogP contribution < -0.4 is 5.73 Å². The van der Waals surface area contributed by atoms with Gasteiger partial charge in [0.25, 0.3) is 5.91 Å². The van der Waals surface area contributed by atoms with Gasteiger partial charge in [-0.05, 0) is 30.7 Å². The lowest BCUT2D eigenvalue weighted by Crippen LogP contribution is -2.12. The van der Waals surface area contributed by atoms with Crippen LogP contribution in [0.4, 0.5) is 4.39 Å². The van der Waals surface area contributed by atoms with Gasteiger partial charge in [-0.25, -0.2) is 9.07 Å². The number of aliphatic hydroxyl groups excluding tert-OH is 1. The van der Waals surface area contributed by atoms with E-state index in [2.05, 4.69) is 5.10 Å². The molecule has 1 heterocycles. The third-order valence-corrected chi connectivity index (χ3v) is 2.54. The second kappa shape index (κ2) is 4.58. The first kappa shape index (κ1) is 12.3. The molecule has 6 heteroatoms. The molecule has 1 atom stereocenters. The molecule has 3 N–H and O–H groups in total. The lowest BCUT2D eigenvalue weighted by atomic mass is 10.1. The summed E-state index contributed by atoms with van der Waals surface area (Å²) in [5, 5.41) is 13.2. The number of rotatable bonds is 3. The van der Waals surface area contributed by atoms with Crippen molar-refractivity contribution in [2.75, 3.05) is 0 Å². The molecule has 1 aromatic heterocycles. The predicted molar refractivity (Wildman–Crippen MR) is 62.7 cm³/mol. The molecule has 0 saturated heterocycles. The summed E-state index contributed by atoms with van der Waals surface area (Å²) in [5.74, 6) is -1.21. The Hall–Kier alpha value is -2.21. The average Bonchev–Trinajstić information content (AvgIpc) is 2.78. The number of primary amides is 1. The van der Waals surface area contributed by atoms with E-state index in [1.165, 1.54) is 29.1 Å². The first-order chi connectivity index (χ1) is 8.49. The van der Waals surface area contributed by atoms with Crippen molar-refractivity contribution in [3.8, 4) is 5.69 Å². The highest BCUT2D eigenvalue weighted by Crippen LogP contribution is 2.19. The van der Waals surface area contributed by atoms with Gasteiger partial charge in [0.15, 0.2) is 0 Å². The van der Waals surface area contributed by atoms with Crippen LogP contribution in [-0.4, -0.2) is 20.8 Å². The molecular weight excluding hydrogens is 237 g/mol. The number of hydrogen-bond donors (Lipinski definition) is 2. The van der Waals surface area contributed by atoms with E-state index in [9.17, 15) is 14.3 Å². The zero-order valence-corrected chi connectivity index (χ0v) is 9.67. The van der Waals surface area contributed by atoms with Gasteiger partial charge >= 0.3 is 0 Å². The topological polar surface area (TPSA) is 81.1 Å². The third kappa shape index (κ3) is 2.23. The molecule has 0 spiro atoms. The molecule has 1 amide bonds. The molecule has 0 unspecified atom stereocenters. The second-order valence-corrected chi connectivity index (χ2v) is 3.90. The van der Waals surface area contributed by atoms with Gasteiger partial charge in [0.05, 0.1) is 6.10 Å². The highest BCUT2D eigenvalue weighted by molar-refractivity contribution is 5.90. The number of aliphatic hydroxyl groups is 1. The number of nitrogens with zero attached hydrogens (tertiary/aromatic N) is 2. The number of benzene rings is 1. The van der Waals surface area contributed by atoms with Crippen LogP contribution in [0.1, 0.15) is 29.1 Å². The number of halogens is 1. The minimum atomic E-state index is -0.743. The van der Waals surface area contributed by atoms with Crippen molar-refractivity contribution < 1.29 is 14.3 Å². The summed E-state index contributed by atoms with van der Waals surface area (Å²) in [7, 11) is 0. The van der Waals surface area contributed by atoms with Crippen molar-refractivity contribution in [2.45, 2.75) is 13.0 Å². The third-order valence-electron chi connectivity index (χ3n) is 2.54. The maximum atomic E-state index is 13.8. The minimum Gasteiger partial charge on any atom is -0.389 e. The predicted octanol–water partition coefficient (Wildman–Crippen LogP) is 1.16. The SMILES string of the molecule is C[C@@H](O)c1ccc(-n2ccc(C(N)=O)n2)c(F)c1. The fraction of sp³-hybridized carbons (Fsp3) is 0.167. The molecule has 0 radical (unpaired) electrons. The quantitative estimate of drug-likeness (QED) is 0.856. The van der Waals surface area contributed by atoms with Crippen molar-refractivity contribution in [1.29, 1.82) is 0 Å². The number of carbonyl (C=O) groups is 1. The molecule has 94 valence electrons. The smallest absolute Gasteiger partial charge is 0.269 e.